The summed E-state index contributed by atoms with van der Waals surface area (Å²) in [4.78, 5) is 10.5. The number of hydrogen-bond acceptors (Lipinski definition) is 5. The summed E-state index contributed by atoms with van der Waals surface area (Å²) in [5.74, 6) is -1.40. The number of aliphatic hydroxyl groups excluding tert-OH is 1. The Morgan fingerprint density at radius 1 is 1.42 bits per heavy atom. The zero-order valence-electron chi connectivity index (χ0n) is 9.58. The Balaban J connectivity index is 3.09. The Morgan fingerprint density at radius 3 is 2.53 bits per heavy atom. The van der Waals surface area contributed by atoms with E-state index in [1.807, 2.05) is 0 Å². The molecule has 0 saturated heterocycles. The van der Waals surface area contributed by atoms with E-state index in [0.29, 0.717) is 0 Å². The highest BCUT2D eigenvalue weighted by Crippen LogP contribution is 2.20. The summed E-state index contributed by atoms with van der Waals surface area (Å²) >= 11 is 5.39. The van der Waals surface area contributed by atoms with Gasteiger partial charge in [-0.15, -0.1) is 11.6 Å². The number of nitrogens with one attached hydrogen (secondary N) is 1. The zero-order chi connectivity index (χ0) is 14.6. The second-order valence-electron chi connectivity index (χ2n) is 3.68. The molecule has 0 amide bonds. The zero-order valence-corrected chi connectivity index (χ0v) is 11.1. The third-order valence-corrected chi connectivity index (χ3v) is 3.43. The van der Waals surface area contributed by atoms with Gasteiger partial charge in [0.2, 0.25) is 0 Å². The highest BCUT2D eigenvalue weighted by Gasteiger charge is 2.17. The van der Waals surface area contributed by atoms with Gasteiger partial charge in [0.1, 0.15) is 0 Å². The number of rotatable bonds is 6. The van der Waals surface area contributed by atoms with Crippen LogP contribution in [-0.4, -0.2) is 47.7 Å². The molecule has 1 atom stereocenters. The molecular weight excluding hydrogens is 298 g/mol. The van der Waals surface area contributed by atoms with Crippen molar-refractivity contribution in [3.8, 4) is 0 Å². The molecule has 0 saturated carbocycles. The van der Waals surface area contributed by atoms with Crippen LogP contribution in [0.5, 0.6) is 0 Å². The van der Waals surface area contributed by atoms with E-state index in [-0.39, 0.29) is 23.7 Å². The van der Waals surface area contributed by atoms with Crippen molar-refractivity contribution < 1.29 is 28.0 Å². The number of carboxylic acids is 1. The molecule has 7 nitrogen and oxygen atoms in total. The Labute approximate surface area is 114 Å². The maximum atomic E-state index is 11.0. The lowest BCUT2D eigenvalue weighted by atomic mass is 10.1. The molecule has 1 rings (SSSR count). The van der Waals surface area contributed by atoms with Gasteiger partial charge in [-0.3, -0.25) is 4.55 Å². The van der Waals surface area contributed by atoms with Crippen molar-refractivity contribution in [2.24, 2.45) is 0 Å². The first-order valence-electron chi connectivity index (χ1n) is 5.08. The number of carboxylic acid groups (broad SMARTS) is 1. The molecular formula is C10H12ClNO6S. The quantitative estimate of drug-likeness (QED) is 0.449. The summed E-state index contributed by atoms with van der Waals surface area (Å²) in [5, 5.41) is 20.9. The van der Waals surface area contributed by atoms with Crippen LogP contribution in [0.2, 0.25) is 0 Å². The minimum atomic E-state index is -4.47. The Morgan fingerprint density at radius 2 is 2.05 bits per heavy atom. The maximum Gasteiger partial charge on any atom is 0.337 e. The summed E-state index contributed by atoms with van der Waals surface area (Å²) in [7, 11) is -4.47. The fourth-order valence-electron chi connectivity index (χ4n) is 1.30. The van der Waals surface area contributed by atoms with Crippen molar-refractivity contribution in [3.05, 3.63) is 23.8 Å². The van der Waals surface area contributed by atoms with E-state index < -0.39 is 27.1 Å². The third kappa shape index (κ3) is 4.35. The number of halogens is 1. The van der Waals surface area contributed by atoms with Crippen molar-refractivity contribution in [1.82, 2.24) is 0 Å². The monoisotopic (exact) mass is 309 g/mol. The molecule has 0 spiro atoms. The predicted molar refractivity (Wildman–Crippen MR) is 68.4 cm³/mol. The number of benzene rings is 1. The number of aliphatic hydroxyl groups is 1. The van der Waals surface area contributed by atoms with Gasteiger partial charge in [-0.25, -0.2) is 4.79 Å². The first kappa shape index (κ1) is 15.7. The molecule has 0 aromatic heterocycles. The standard InChI is InChI=1S/C10H12ClNO6S/c11-4-6(13)5-12-9-2-1-7(19(16,17)18)3-8(9)10(14)15/h1-3,6,12-13H,4-5H2,(H,14,15)(H,16,17,18). The number of anilines is 1. The maximum absolute atomic E-state index is 11.0. The van der Waals surface area contributed by atoms with Gasteiger partial charge in [0, 0.05) is 12.2 Å². The Kier molecular flexibility index (Phi) is 5.12. The van der Waals surface area contributed by atoms with E-state index in [0.717, 1.165) is 12.1 Å². The van der Waals surface area contributed by atoms with Crippen LogP contribution >= 0.6 is 11.6 Å². The van der Waals surface area contributed by atoms with Crippen molar-refractivity contribution in [2.75, 3.05) is 17.7 Å². The summed E-state index contributed by atoms with van der Waals surface area (Å²) < 4.78 is 30.7. The van der Waals surface area contributed by atoms with Crippen LogP contribution in [0.3, 0.4) is 0 Å². The van der Waals surface area contributed by atoms with Crippen LogP contribution in [0.15, 0.2) is 23.1 Å². The average Bonchev–Trinajstić information content (AvgIpc) is 2.34. The van der Waals surface area contributed by atoms with Gasteiger partial charge in [-0.1, -0.05) is 0 Å². The van der Waals surface area contributed by atoms with Gasteiger partial charge in [-0.05, 0) is 18.2 Å². The summed E-state index contributed by atoms with van der Waals surface area (Å²) in [6.45, 7) is 0.00893. The molecule has 0 radical (unpaired) electrons. The molecule has 0 bridgehead atoms. The highest BCUT2D eigenvalue weighted by atomic mass is 35.5. The van der Waals surface area contributed by atoms with E-state index >= 15 is 0 Å². The smallest absolute Gasteiger partial charge is 0.337 e. The molecule has 4 N–H and O–H groups in total. The summed E-state index contributed by atoms with van der Waals surface area (Å²) in [6.07, 6.45) is -0.871. The molecule has 106 valence electrons. The topological polar surface area (TPSA) is 124 Å². The lowest BCUT2D eigenvalue weighted by Gasteiger charge is -2.12. The molecule has 0 aliphatic carbocycles. The van der Waals surface area contributed by atoms with Gasteiger partial charge >= 0.3 is 5.97 Å². The number of aromatic carboxylic acids is 1. The SMILES string of the molecule is O=C(O)c1cc(S(=O)(=O)O)ccc1NCC(O)CCl. The molecule has 1 unspecified atom stereocenters. The number of hydrogen-bond donors (Lipinski definition) is 4. The van der Waals surface area contributed by atoms with Crippen molar-refractivity contribution in [3.63, 3.8) is 0 Å². The second-order valence-corrected chi connectivity index (χ2v) is 5.41. The number of alkyl halides is 1. The largest absolute Gasteiger partial charge is 0.478 e. The summed E-state index contributed by atoms with van der Waals surface area (Å²) in [6, 6.07) is 3.07. The van der Waals surface area contributed by atoms with Gasteiger partial charge in [0.25, 0.3) is 10.1 Å². The van der Waals surface area contributed by atoms with Crippen molar-refractivity contribution in [1.29, 1.82) is 0 Å². The van der Waals surface area contributed by atoms with Crippen LogP contribution in [0.4, 0.5) is 5.69 Å². The van der Waals surface area contributed by atoms with E-state index in [9.17, 15) is 18.3 Å². The fraction of sp³-hybridized carbons (Fsp3) is 0.300. The molecule has 1 aromatic carbocycles. The van der Waals surface area contributed by atoms with E-state index in [4.69, 9.17) is 21.3 Å². The minimum Gasteiger partial charge on any atom is -0.478 e. The van der Waals surface area contributed by atoms with Gasteiger partial charge in [0.15, 0.2) is 0 Å². The molecule has 0 aliphatic rings. The predicted octanol–water partition coefficient (Wildman–Crippen LogP) is 0.643. The van der Waals surface area contributed by atoms with Gasteiger partial charge in [0.05, 0.1) is 22.4 Å². The Bertz CT molecular complexity index is 573. The average molecular weight is 310 g/mol. The molecule has 1 aromatic rings. The van der Waals surface area contributed by atoms with Crippen LogP contribution in [0, 0.1) is 0 Å². The molecule has 9 heteroatoms. The molecule has 19 heavy (non-hydrogen) atoms. The minimum absolute atomic E-state index is 0.00893. The van der Waals surface area contributed by atoms with Crippen molar-refractivity contribution >= 4 is 33.4 Å². The lowest BCUT2D eigenvalue weighted by molar-refractivity contribution is 0.0697. The third-order valence-electron chi connectivity index (χ3n) is 2.23. The molecule has 0 aliphatic heterocycles. The van der Waals surface area contributed by atoms with E-state index in [2.05, 4.69) is 5.32 Å². The van der Waals surface area contributed by atoms with Gasteiger partial charge in [-0.2, -0.15) is 8.42 Å². The lowest BCUT2D eigenvalue weighted by Crippen LogP contribution is -2.22. The second kappa shape index (κ2) is 6.20. The van der Waals surface area contributed by atoms with Gasteiger partial charge < -0.3 is 15.5 Å². The van der Waals surface area contributed by atoms with Crippen LogP contribution in [0.1, 0.15) is 10.4 Å². The highest BCUT2D eigenvalue weighted by molar-refractivity contribution is 7.85. The summed E-state index contributed by atoms with van der Waals surface area (Å²) in [5.41, 5.74) is -0.221. The fourth-order valence-corrected chi connectivity index (χ4v) is 1.91. The van der Waals surface area contributed by atoms with Crippen LogP contribution in [0.25, 0.3) is 0 Å². The van der Waals surface area contributed by atoms with Crippen LogP contribution < -0.4 is 5.32 Å². The normalized spacial score (nSPS) is 13.0. The van der Waals surface area contributed by atoms with E-state index in [1.165, 1.54) is 6.07 Å². The first-order chi connectivity index (χ1) is 8.75. The first-order valence-corrected chi connectivity index (χ1v) is 7.06. The number of carbonyl (C=O) groups is 1. The molecule has 0 fully saturated rings. The van der Waals surface area contributed by atoms with Crippen LogP contribution in [-0.2, 0) is 10.1 Å². The Hall–Kier alpha value is -1.35. The molecule has 0 heterocycles. The van der Waals surface area contributed by atoms with E-state index in [1.54, 1.807) is 0 Å². The van der Waals surface area contributed by atoms with Crippen molar-refractivity contribution in [2.45, 2.75) is 11.0 Å².